The number of nitrogens with one attached hydrogen (secondary N) is 1. The first kappa shape index (κ1) is 19.5. The van der Waals surface area contributed by atoms with Gasteiger partial charge in [-0.25, -0.2) is 14.3 Å². The van der Waals surface area contributed by atoms with Crippen molar-refractivity contribution in [3.05, 3.63) is 48.0 Å². The van der Waals surface area contributed by atoms with Crippen molar-refractivity contribution in [2.45, 2.75) is 32.7 Å². The SMILES string of the molecule is CCc1c(C(=O)OCC(=O)N2c3ccccc3NC(=O)C2(C)C)cnc2ncnn12. The summed E-state index contributed by atoms with van der Waals surface area (Å²) in [6.07, 6.45) is 3.21. The Balaban J connectivity index is 1.58. The molecule has 154 valence electrons. The second-order valence-electron chi connectivity index (χ2n) is 7.28. The van der Waals surface area contributed by atoms with Crippen LogP contribution in [0.15, 0.2) is 36.8 Å². The number of aryl methyl sites for hydroxylation is 1. The molecule has 30 heavy (non-hydrogen) atoms. The minimum atomic E-state index is -1.15. The van der Waals surface area contributed by atoms with E-state index in [1.165, 1.54) is 21.9 Å². The topological polar surface area (TPSA) is 119 Å². The Morgan fingerprint density at radius 1 is 1.20 bits per heavy atom. The summed E-state index contributed by atoms with van der Waals surface area (Å²) in [5, 5.41) is 6.86. The molecule has 0 fully saturated rings. The maximum atomic E-state index is 13.0. The van der Waals surface area contributed by atoms with Crippen LogP contribution in [0.2, 0.25) is 0 Å². The molecule has 4 rings (SSSR count). The molecule has 0 saturated heterocycles. The van der Waals surface area contributed by atoms with Crippen molar-refractivity contribution in [2.75, 3.05) is 16.8 Å². The minimum absolute atomic E-state index is 0.208. The predicted octanol–water partition coefficient (Wildman–Crippen LogP) is 1.61. The lowest BCUT2D eigenvalue weighted by Gasteiger charge is -2.41. The van der Waals surface area contributed by atoms with Crippen LogP contribution >= 0.6 is 0 Å². The van der Waals surface area contributed by atoms with Crippen LogP contribution in [0.3, 0.4) is 0 Å². The average molecular weight is 408 g/mol. The Morgan fingerprint density at radius 3 is 2.73 bits per heavy atom. The summed E-state index contributed by atoms with van der Waals surface area (Å²) in [6.45, 7) is 4.61. The smallest absolute Gasteiger partial charge is 0.342 e. The van der Waals surface area contributed by atoms with Crippen LogP contribution in [0.5, 0.6) is 0 Å². The van der Waals surface area contributed by atoms with Gasteiger partial charge in [0.25, 0.3) is 11.7 Å². The molecule has 0 atom stereocenters. The molecule has 0 unspecified atom stereocenters. The van der Waals surface area contributed by atoms with Gasteiger partial charge in [0, 0.05) is 6.20 Å². The molecule has 2 amide bonds. The number of rotatable bonds is 4. The van der Waals surface area contributed by atoms with Gasteiger partial charge in [-0.05, 0) is 32.4 Å². The number of fused-ring (bicyclic) bond motifs is 2. The fourth-order valence-electron chi connectivity index (χ4n) is 3.50. The Bertz CT molecular complexity index is 1170. The van der Waals surface area contributed by atoms with Gasteiger partial charge >= 0.3 is 5.97 Å². The van der Waals surface area contributed by atoms with Gasteiger partial charge in [-0.1, -0.05) is 19.1 Å². The van der Waals surface area contributed by atoms with Gasteiger partial charge in [-0.3, -0.25) is 14.5 Å². The maximum absolute atomic E-state index is 13.0. The highest BCUT2D eigenvalue weighted by Gasteiger charge is 2.43. The molecule has 2 aromatic heterocycles. The van der Waals surface area contributed by atoms with E-state index in [-0.39, 0.29) is 11.5 Å². The van der Waals surface area contributed by atoms with Crippen molar-refractivity contribution < 1.29 is 19.1 Å². The highest BCUT2D eigenvalue weighted by atomic mass is 16.5. The number of hydrogen-bond acceptors (Lipinski definition) is 7. The number of esters is 1. The molecule has 0 bridgehead atoms. The number of hydrogen-bond donors (Lipinski definition) is 1. The van der Waals surface area contributed by atoms with E-state index in [0.717, 1.165) is 0 Å². The van der Waals surface area contributed by atoms with Gasteiger partial charge in [0.05, 0.1) is 22.6 Å². The Hall–Kier alpha value is -3.82. The molecule has 1 aliphatic heterocycles. The molecule has 0 saturated carbocycles. The first-order valence-electron chi connectivity index (χ1n) is 9.43. The van der Waals surface area contributed by atoms with Crippen molar-refractivity contribution in [3.63, 3.8) is 0 Å². The van der Waals surface area contributed by atoms with E-state index < -0.39 is 24.0 Å². The van der Waals surface area contributed by atoms with Crippen molar-refractivity contribution in [3.8, 4) is 0 Å². The number of nitrogens with zero attached hydrogens (tertiary/aromatic N) is 5. The lowest BCUT2D eigenvalue weighted by atomic mass is 9.96. The van der Waals surface area contributed by atoms with Crippen LogP contribution in [0.25, 0.3) is 5.78 Å². The zero-order valence-corrected chi connectivity index (χ0v) is 16.7. The fraction of sp³-hybridized carbons (Fsp3) is 0.300. The standard InChI is InChI=1S/C20H20N6O4/c1-4-14-12(9-21-19-22-11-23-26(14)19)17(28)30-10-16(27)25-15-8-6-5-7-13(15)24-18(29)20(25,2)3/h5-9,11H,4,10H2,1-3H3,(H,24,29). The van der Waals surface area contributed by atoms with Gasteiger partial charge < -0.3 is 10.1 Å². The van der Waals surface area contributed by atoms with Crippen molar-refractivity contribution in [1.82, 2.24) is 19.6 Å². The summed E-state index contributed by atoms with van der Waals surface area (Å²) in [4.78, 5) is 47.6. The molecular formula is C20H20N6O4. The predicted molar refractivity (Wildman–Crippen MR) is 107 cm³/mol. The van der Waals surface area contributed by atoms with Crippen LogP contribution in [0.1, 0.15) is 36.8 Å². The molecule has 0 radical (unpaired) electrons. The molecule has 10 heteroatoms. The number of aromatic nitrogens is 4. The quantitative estimate of drug-likeness (QED) is 0.651. The third-order valence-corrected chi connectivity index (χ3v) is 5.04. The lowest BCUT2D eigenvalue weighted by molar-refractivity contribution is -0.128. The summed E-state index contributed by atoms with van der Waals surface area (Å²) < 4.78 is 6.76. The van der Waals surface area contributed by atoms with E-state index in [1.54, 1.807) is 38.1 Å². The number of benzene rings is 1. The summed E-state index contributed by atoms with van der Waals surface area (Å²) >= 11 is 0. The summed E-state index contributed by atoms with van der Waals surface area (Å²) in [5.74, 6) is -1.16. The number of carbonyl (C=O) groups is 3. The Morgan fingerprint density at radius 2 is 1.97 bits per heavy atom. The first-order chi connectivity index (χ1) is 14.3. The molecule has 1 N–H and O–H groups in total. The Labute approximate surface area is 171 Å². The minimum Gasteiger partial charge on any atom is -0.452 e. The maximum Gasteiger partial charge on any atom is 0.342 e. The summed E-state index contributed by atoms with van der Waals surface area (Å²) in [6, 6.07) is 6.97. The number of para-hydroxylation sites is 2. The van der Waals surface area contributed by atoms with Crippen molar-refractivity contribution >= 4 is 34.9 Å². The third kappa shape index (κ3) is 3.06. The van der Waals surface area contributed by atoms with Gasteiger partial charge in [-0.15, -0.1) is 0 Å². The summed E-state index contributed by atoms with van der Waals surface area (Å²) in [5.41, 5.74) is 0.712. The van der Waals surface area contributed by atoms with E-state index >= 15 is 0 Å². The van der Waals surface area contributed by atoms with Crippen molar-refractivity contribution in [1.29, 1.82) is 0 Å². The normalized spacial score (nSPS) is 14.9. The van der Waals surface area contributed by atoms with Crippen LogP contribution in [-0.4, -0.2) is 49.5 Å². The first-order valence-corrected chi connectivity index (χ1v) is 9.43. The van der Waals surface area contributed by atoms with Gasteiger partial charge in [0.1, 0.15) is 11.9 Å². The second-order valence-corrected chi connectivity index (χ2v) is 7.28. The zero-order valence-electron chi connectivity index (χ0n) is 16.7. The summed E-state index contributed by atoms with van der Waals surface area (Å²) in [7, 11) is 0. The largest absolute Gasteiger partial charge is 0.452 e. The van der Waals surface area contributed by atoms with E-state index in [2.05, 4.69) is 20.4 Å². The molecule has 3 heterocycles. The number of amides is 2. The van der Waals surface area contributed by atoms with Crippen LogP contribution in [0, 0.1) is 0 Å². The number of carbonyl (C=O) groups excluding carboxylic acids is 3. The van der Waals surface area contributed by atoms with E-state index in [4.69, 9.17) is 4.74 Å². The molecule has 0 aliphatic carbocycles. The monoisotopic (exact) mass is 408 g/mol. The average Bonchev–Trinajstić information content (AvgIpc) is 3.20. The highest BCUT2D eigenvalue weighted by Crippen LogP contribution is 2.36. The second kappa shape index (κ2) is 7.21. The molecular weight excluding hydrogens is 388 g/mol. The highest BCUT2D eigenvalue weighted by molar-refractivity contribution is 6.14. The molecule has 1 aromatic carbocycles. The molecule has 1 aliphatic rings. The number of anilines is 2. The van der Waals surface area contributed by atoms with Gasteiger partial charge in [0.15, 0.2) is 6.61 Å². The van der Waals surface area contributed by atoms with Crippen molar-refractivity contribution in [2.24, 2.45) is 0 Å². The molecule has 3 aromatic rings. The van der Waals surface area contributed by atoms with Gasteiger partial charge in [-0.2, -0.15) is 10.1 Å². The third-order valence-electron chi connectivity index (χ3n) is 5.04. The Kier molecular flexibility index (Phi) is 4.69. The van der Waals surface area contributed by atoms with E-state index in [9.17, 15) is 14.4 Å². The van der Waals surface area contributed by atoms with Crippen LogP contribution in [-0.2, 0) is 20.7 Å². The fourth-order valence-corrected chi connectivity index (χ4v) is 3.50. The van der Waals surface area contributed by atoms with Crippen LogP contribution in [0.4, 0.5) is 11.4 Å². The number of ether oxygens (including phenoxy) is 1. The zero-order chi connectivity index (χ0) is 21.5. The van der Waals surface area contributed by atoms with E-state index in [0.29, 0.717) is 29.3 Å². The lowest BCUT2D eigenvalue weighted by Crippen LogP contribution is -2.59. The molecule has 0 spiro atoms. The molecule has 10 nitrogen and oxygen atoms in total. The van der Waals surface area contributed by atoms with Gasteiger partial charge in [0.2, 0.25) is 5.91 Å². The van der Waals surface area contributed by atoms with Crippen LogP contribution < -0.4 is 10.2 Å². The van der Waals surface area contributed by atoms with E-state index in [1.807, 2.05) is 6.92 Å².